The highest BCUT2D eigenvalue weighted by Crippen LogP contribution is 2.19. The Kier molecular flexibility index (Phi) is 9.19. The number of benzene rings is 2. The first-order chi connectivity index (χ1) is 17.7. The van der Waals surface area contributed by atoms with Crippen LogP contribution < -0.4 is 21.7 Å². The fraction of sp³-hybridized carbons (Fsp3) is 0.280. The van der Waals surface area contributed by atoms with Crippen molar-refractivity contribution in [2.75, 3.05) is 13.2 Å². The van der Waals surface area contributed by atoms with E-state index in [-0.39, 0.29) is 18.6 Å². The first-order valence-corrected chi connectivity index (χ1v) is 11.5. The molecule has 0 aliphatic rings. The van der Waals surface area contributed by atoms with E-state index in [2.05, 4.69) is 20.9 Å². The van der Waals surface area contributed by atoms with Gasteiger partial charge in [-0.2, -0.15) is 0 Å². The van der Waals surface area contributed by atoms with Gasteiger partial charge in [0.2, 0.25) is 17.7 Å². The number of nitrogens with one attached hydrogen (secondary N) is 4. The molecular formula is C25H29N5O7. The van der Waals surface area contributed by atoms with Crippen LogP contribution in [0.3, 0.4) is 0 Å². The topological polar surface area (TPSA) is 207 Å². The summed E-state index contributed by atoms with van der Waals surface area (Å²) in [6, 6.07) is 9.63. The molecule has 3 aromatic rings. The molecule has 37 heavy (non-hydrogen) atoms. The summed E-state index contributed by atoms with van der Waals surface area (Å²) < 4.78 is 0. The van der Waals surface area contributed by atoms with Crippen LogP contribution in [0.4, 0.5) is 0 Å². The molecule has 196 valence electrons. The van der Waals surface area contributed by atoms with Gasteiger partial charge < -0.3 is 42.0 Å². The number of aliphatic hydroxyl groups excluding tert-OH is 1. The molecule has 3 unspecified atom stereocenters. The Bertz CT molecular complexity index is 1260. The van der Waals surface area contributed by atoms with Crippen LogP contribution in [0.5, 0.6) is 5.75 Å². The second-order valence-corrected chi connectivity index (χ2v) is 8.46. The third-order valence-corrected chi connectivity index (χ3v) is 5.70. The number of hydrogen-bond acceptors (Lipinski definition) is 7. The molecule has 1 heterocycles. The molecule has 3 rings (SSSR count). The molecule has 0 fully saturated rings. The van der Waals surface area contributed by atoms with Gasteiger partial charge in [-0.1, -0.05) is 30.3 Å². The number of para-hydroxylation sites is 1. The minimum atomic E-state index is -1.28. The average Bonchev–Trinajstić information content (AvgIpc) is 3.29. The lowest BCUT2D eigenvalue weighted by Crippen LogP contribution is -2.55. The van der Waals surface area contributed by atoms with Crippen LogP contribution >= 0.6 is 0 Å². The summed E-state index contributed by atoms with van der Waals surface area (Å²) in [7, 11) is 0. The molecule has 0 saturated carbocycles. The molecule has 9 N–H and O–H groups in total. The second kappa shape index (κ2) is 12.5. The summed E-state index contributed by atoms with van der Waals surface area (Å²) in [5, 5.41) is 36.3. The predicted octanol–water partition coefficient (Wildman–Crippen LogP) is -0.851. The van der Waals surface area contributed by atoms with Crippen LogP contribution in [-0.2, 0) is 32.0 Å². The van der Waals surface area contributed by atoms with Crippen molar-refractivity contribution in [2.24, 2.45) is 5.73 Å². The van der Waals surface area contributed by atoms with Crippen LogP contribution in [0.15, 0.2) is 54.7 Å². The zero-order valence-electron chi connectivity index (χ0n) is 19.8. The normalized spacial score (nSPS) is 13.4. The van der Waals surface area contributed by atoms with Gasteiger partial charge in [-0.15, -0.1) is 0 Å². The number of hydrogen-bond donors (Lipinski definition) is 8. The lowest BCUT2D eigenvalue weighted by atomic mass is 10.0. The van der Waals surface area contributed by atoms with Crippen LogP contribution in [0, 0.1) is 0 Å². The number of phenolic OH excluding ortho intramolecular Hbond substituents is 1. The van der Waals surface area contributed by atoms with Crippen molar-refractivity contribution in [2.45, 2.75) is 31.0 Å². The van der Waals surface area contributed by atoms with Crippen LogP contribution in [0.1, 0.15) is 11.1 Å². The van der Waals surface area contributed by atoms with E-state index < -0.39 is 55.0 Å². The van der Waals surface area contributed by atoms with Crippen molar-refractivity contribution in [1.29, 1.82) is 0 Å². The standard InChI is InChI=1S/C25H29N5O7/c26-18(13-31)23(34)28-12-22(33)29-20(9-14-5-7-16(32)8-6-14)24(35)30-21(25(36)37)10-15-11-27-19-4-2-1-3-17(15)19/h1-8,11,18,20-21,27,31-32H,9-10,12-13,26H2,(H,28,34)(H,29,33)(H,30,35)(H,36,37). The minimum absolute atomic E-state index is 0.0000675. The van der Waals surface area contributed by atoms with Crippen molar-refractivity contribution in [3.05, 3.63) is 65.9 Å². The average molecular weight is 512 g/mol. The zero-order valence-corrected chi connectivity index (χ0v) is 19.8. The van der Waals surface area contributed by atoms with Crippen molar-refractivity contribution in [3.8, 4) is 5.75 Å². The van der Waals surface area contributed by atoms with Gasteiger partial charge in [-0.3, -0.25) is 14.4 Å². The summed E-state index contributed by atoms with van der Waals surface area (Å²) in [6.07, 6.45) is 1.67. The molecule has 0 radical (unpaired) electrons. The lowest BCUT2D eigenvalue weighted by Gasteiger charge is -2.22. The number of nitrogens with two attached hydrogens (primary N) is 1. The number of phenols is 1. The van der Waals surface area contributed by atoms with Gasteiger partial charge in [0, 0.05) is 29.9 Å². The number of amides is 3. The first-order valence-electron chi connectivity index (χ1n) is 11.5. The quantitative estimate of drug-likeness (QED) is 0.153. The number of carboxylic acid groups (broad SMARTS) is 1. The van der Waals surface area contributed by atoms with E-state index in [1.54, 1.807) is 18.3 Å². The van der Waals surface area contributed by atoms with Crippen molar-refractivity contribution in [3.63, 3.8) is 0 Å². The number of fused-ring (bicyclic) bond motifs is 1. The first kappa shape index (κ1) is 27.2. The molecule has 0 spiro atoms. The Labute approximate surface area is 211 Å². The van der Waals surface area contributed by atoms with E-state index in [1.807, 2.05) is 24.3 Å². The maximum atomic E-state index is 13.2. The van der Waals surface area contributed by atoms with Gasteiger partial charge in [0.15, 0.2) is 0 Å². The van der Waals surface area contributed by atoms with Gasteiger partial charge in [-0.25, -0.2) is 4.79 Å². The Morgan fingerprint density at radius 3 is 2.30 bits per heavy atom. The highest BCUT2D eigenvalue weighted by Gasteiger charge is 2.28. The van der Waals surface area contributed by atoms with E-state index in [4.69, 9.17) is 10.8 Å². The summed E-state index contributed by atoms with van der Waals surface area (Å²) >= 11 is 0. The number of H-pyrrole nitrogens is 1. The van der Waals surface area contributed by atoms with Gasteiger partial charge in [-0.05, 0) is 29.3 Å². The molecular weight excluding hydrogens is 482 g/mol. The number of aliphatic carboxylic acids is 1. The molecule has 12 nitrogen and oxygen atoms in total. The summed E-state index contributed by atoms with van der Waals surface area (Å²) in [5.41, 5.74) is 7.52. The van der Waals surface area contributed by atoms with E-state index in [0.717, 1.165) is 10.9 Å². The Morgan fingerprint density at radius 2 is 1.62 bits per heavy atom. The van der Waals surface area contributed by atoms with E-state index >= 15 is 0 Å². The number of carbonyl (C=O) groups excluding carboxylic acids is 3. The molecule has 2 aromatic carbocycles. The number of aliphatic hydroxyl groups is 1. The van der Waals surface area contributed by atoms with E-state index in [0.29, 0.717) is 11.1 Å². The minimum Gasteiger partial charge on any atom is -0.508 e. The summed E-state index contributed by atoms with van der Waals surface area (Å²) in [5.74, 6) is -3.45. The fourth-order valence-corrected chi connectivity index (χ4v) is 3.70. The van der Waals surface area contributed by atoms with Crippen molar-refractivity contribution >= 4 is 34.6 Å². The van der Waals surface area contributed by atoms with Gasteiger partial charge in [0.1, 0.15) is 23.9 Å². The Hall–Kier alpha value is -4.42. The lowest BCUT2D eigenvalue weighted by molar-refractivity contribution is -0.142. The number of carbonyl (C=O) groups is 4. The largest absolute Gasteiger partial charge is 0.508 e. The fourth-order valence-electron chi connectivity index (χ4n) is 3.70. The van der Waals surface area contributed by atoms with Crippen molar-refractivity contribution < 1.29 is 34.5 Å². The van der Waals surface area contributed by atoms with Crippen LogP contribution in [0.2, 0.25) is 0 Å². The maximum Gasteiger partial charge on any atom is 0.326 e. The maximum absolute atomic E-state index is 13.2. The smallest absolute Gasteiger partial charge is 0.326 e. The second-order valence-electron chi connectivity index (χ2n) is 8.46. The van der Waals surface area contributed by atoms with Crippen LogP contribution in [0.25, 0.3) is 10.9 Å². The van der Waals surface area contributed by atoms with Crippen LogP contribution in [-0.4, -0.2) is 75.3 Å². The third kappa shape index (κ3) is 7.53. The van der Waals surface area contributed by atoms with Crippen molar-refractivity contribution in [1.82, 2.24) is 20.9 Å². The number of aromatic amines is 1. The number of aromatic hydroxyl groups is 1. The molecule has 0 saturated heterocycles. The zero-order chi connectivity index (χ0) is 26.9. The van der Waals surface area contributed by atoms with Gasteiger partial charge >= 0.3 is 5.97 Å². The molecule has 0 aliphatic heterocycles. The molecule has 3 amide bonds. The summed E-state index contributed by atoms with van der Waals surface area (Å²) in [4.78, 5) is 52.4. The Balaban J connectivity index is 1.73. The molecule has 3 atom stereocenters. The number of carboxylic acids is 1. The highest BCUT2D eigenvalue weighted by atomic mass is 16.4. The summed E-state index contributed by atoms with van der Waals surface area (Å²) in [6.45, 7) is -1.12. The number of aromatic nitrogens is 1. The predicted molar refractivity (Wildman–Crippen MR) is 133 cm³/mol. The molecule has 12 heteroatoms. The SMILES string of the molecule is NC(CO)C(=O)NCC(=O)NC(Cc1ccc(O)cc1)C(=O)NC(Cc1c[nH]c2ccccc12)C(=O)O. The molecule has 0 bridgehead atoms. The highest BCUT2D eigenvalue weighted by molar-refractivity contribution is 5.93. The van der Waals surface area contributed by atoms with Gasteiger partial charge in [0.05, 0.1) is 13.2 Å². The van der Waals surface area contributed by atoms with E-state index in [9.17, 15) is 29.4 Å². The number of rotatable bonds is 12. The van der Waals surface area contributed by atoms with Gasteiger partial charge in [0.25, 0.3) is 0 Å². The third-order valence-electron chi connectivity index (χ3n) is 5.70. The molecule has 1 aromatic heterocycles. The molecule has 0 aliphatic carbocycles. The monoisotopic (exact) mass is 511 g/mol. The van der Waals surface area contributed by atoms with E-state index in [1.165, 1.54) is 12.1 Å². The Morgan fingerprint density at radius 1 is 0.919 bits per heavy atom.